The molecular weight excluding hydrogens is 332 g/mol. The van der Waals surface area contributed by atoms with Crippen molar-refractivity contribution in [2.24, 2.45) is 11.8 Å². The molecule has 0 aliphatic carbocycles. The van der Waals surface area contributed by atoms with Crippen LogP contribution in [0.3, 0.4) is 0 Å². The van der Waals surface area contributed by atoms with Crippen LogP contribution in [0.2, 0.25) is 0 Å². The molecule has 0 radical (unpaired) electrons. The fourth-order valence-electron chi connectivity index (χ4n) is 3.44. The molecule has 0 aromatic heterocycles. The molecule has 1 N–H and O–H groups in total. The second-order valence-corrected chi connectivity index (χ2v) is 9.56. The third-order valence-corrected chi connectivity index (χ3v) is 5.45. The monoisotopic (exact) mass is 362 g/mol. The number of amides is 1. The molecule has 0 bridgehead atoms. The highest BCUT2D eigenvalue weighted by Crippen LogP contribution is 2.31. The highest BCUT2D eigenvalue weighted by molar-refractivity contribution is 7.85. The molecule has 0 aromatic rings. The van der Waals surface area contributed by atoms with Crippen molar-refractivity contribution in [3.8, 4) is 0 Å². The molecule has 0 spiro atoms. The Morgan fingerprint density at radius 1 is 1.21 bits per heavy atom. The number of piperidine rings is 1. The minimum Gasteiger partial charge on any atom is -0.444 e. The summed E-state index contributed by atoms with van der Waals surface area (Å²) in [7, 11) is -3.86. The van der Waals surface area contributed by atoms with Crippen molar-refractivity contribution in [2.45, 2.75) is 45.6 Å². The molecule has 2 aliphatic heterocycles. The Kier molecular flexibility index (Phi) is 6.14. The molecule has 2 heterocycles. The van der Waals surface area contributed by atoms with Crippen molar-refractivity contribution in [3.63, 3.8) is 0 Å². The van der Waals surface area contributed by atoms with Crippen LogP contribution < -0.4 is 0 Å². The summed E-state index contributed by atoms with van der Waals surface area (Å²) in [5, 5.41) is 0. The number of hydrogen-bond acceptors (Lipinski definition) is 5. The second kappa shape index (κ2) is 7.58. The number of ether oxygens (including phenoxy) is 1. The van der Waals surface area contributed by atoms with Crippen LogP contribution in [0, 0.1) is 11.8 Å². The summed E-state index contributed by atoms with van der Waals surface area (Å²) in [5.41, 5.74) is -0.461. The largest absolute Gasteiger partial charge is 0.444 e. The second-order valence-electron chi connectivity index (χ2n) is 7.99. The van der Waals surface area contributed by atoms with Gasteiger partial charge in [0, 0.05) is 19.6 Å². The van der Waals surface area contributed by atoms with Crippen LogP contribution in [0.25, 0.3) is 0 Å². The number of nitrogens with zero attached hydrogens (tertiary/aromatic N) is 2. The van der Waals surface area contributed by atoms with E-state index in [2.05, 4.69) is 4.90 Å². The molecule has 140 valence electrons. The van der Waals surface area contributed by atoms with Crippen molar-refractivity contribution >= 4 is 16.2 Å². The molecule has 2 rings (SSSR count). The molecular formula is C16H30N2O5S. The van der Waals surface area contributed by atoms with Gasteiger partial charge in [-0.05, 0) is 65.0 Å². The zero-order valence-corrected chi connectivity index (χ0v) is 15.7. The standard InChI is InChI=1S/C16H30N2O5S/c1-16(2,3)23-15(19)18-11-14(12-18)13-6-4-7-17(10-13)8-5-9-24(20,21)22/h13-14H,4-12H2,1-3H3,(H,20,21,22)/t13-/m0/s1. The Morgan fingerprint density at radius 2 is 1.88 bits per heavy atom. The number of carbonyl (C=O) groups is 1. The zero-order chi connectivity index (χ0) is 18.0. The average Bonchev–Trinajstić information content (AvgIpc) is 2.33. The quantitative estimate of drug-likeness (QED) is 0.751. The highest BCUT2D eigenvalue weighted by Gasteiger charge is 2.39. The van der Waals surface area contributed by atoms with E-state index < -0.39 is 15.7 Å². The maximum Gasteiger partial charge on any atom is 0.410 e. The topological polar surface area (TPSA) is 87.2 Å². The van der Waals surface area contributed by atoms with E-state index in [1.807, 2.05) is 20.8 Å². The summed E-state index contributed by atoms with van der Waals surface area (Å²) in [6, 6.07) is 0. The van der Waals surface area contributed by atoms with Gasteiger partial charge in [-0.1, -0.05) is 0 Å². The van der Waals surface area contributed by atoms with E-state index in [0.29, 0.717) is 24.8 Å². The van der Waals surface area contributed by atoms with Crippen molar-refractivity contribution in [1.82, 2.24) is 9.80 Å². The van der Waals surface area contributed by atoms with Gasteiger partial charge in [-0.25, -0.2) is 4.79 Å². The maximum atomic E-state index is 12.0. The molecule has 2 saturated heterocycles. The van der Waals surface area contributed by atoms with Gasteiger partial charge in [-0.15, -0.1) is 0 Å². The summed E-state index contributed by atoms with van der Waals surface area (Å²) in [6.45, 7) is 9.72. The lowest BCUT2D eigenvalue weighted by Crippen LogP contribution is -2.56. The highest BCUT2D eigenvalue weighted by atomic mass is 32.2. The molecule has 2 aliphatic rings. The lowest BCUT2D eigenvalue weighted by Gasteiger charge is -2.46. The van der Waals surface area contributed by atoms with Crippen molar-refractivity contribution in [1.29, 1.82) is 0 Å². The number of hydrogen-bond donors (Lipinski definition) is 1. The van der Waals surface area contributed by atoms with Gasteiger partial charge in [0.05, 0.1) is 5.75 Å². The van der Waals surface area contributed by atoms with Gasteiger partial charge in [0.25, 0.3) is 10.1 Å². The predicted octanol–water partition coefficient (Wildman–Crippen LogP) is 1.84. The summed E-state index contributed by atoms with van der Waals surface area (Å²) in [6.07, 6.45) is 2.47. The van der Waals surface area contributed by atoms with Crippen LogP contribution in [0.15, 0.2) is 0 Å². The third kappa shape index (κ3) is 6.22. The molecule has 24 heavy (non-hydrogen) atoms. The smallest absolute Gasteiger partial charge is 0.410 e. The Hall–Kier alpha value is -0.860. The fraction of sp³-hybridized carbons (Fsp3) is 0.938. The van der Waals surface area contributed by atoms with E-state index in [4.69, 9.17) is 9.29 Å². The minimum atomic E-state index is -3.86. The van der Waals surface area contributed by atoms with E-state index in [1.165, 1.54) is 0 Å². The molecule has 7 nitrogen and oxygen atoms in total. The van der Waals surface area contributed by atoms with E-state index in [-0.39, 0.29) is 11.8 Å². The molecule has 0 aromatic carbocycles. The van der Waals surface area contributed by atoms with Crippen LogP contribution >= 0.6 is 0 Å². The van der Waals surface area contributed by atoms with Gasteiger partial charge in [0.2, 0.25) is 0 Å². The molecule has 0 saturated carbocycles. The van der Waals surface area contributed by atoms with Crippen LogP contribution in [0.4, 0.5) is 4.79 Å². The Balaban J connectivity index is 1.71. The van der Waals surface area contributed by atoms with Crippen LogP contribution in [0.5, 0.6) is 0 Å². The molecule has 0 unspecified atom stereocenters. The first-order valence-corrected chi connectivity index (χ1v) is 10.3. The van der Waals surface area contributed by atoms with Crippen molar-refractivity contribution in [3.05, 3.63) is 0 Å². The molecule has 8 heteroatoms. The zero-order valence-electron chi connectivity index (χ0n) is 14.9. The predicted molar refractivity (Wildman–Crippen MR) is 91.5 cm³/mol. The Labute approximate surface area is 145 Å². The Bertz CT molecular complexity index is 537. The lowest BCUT2D eigenvalue weighted by atomic mass is 9.81. The fourth-order valence-corrected chi connectivity index (χ4v) is 3.93. The van der Waals surface area contributed by atoms with Gasteiger partial charge in [0.15, 0.2) is 0 Å². The maximum absolute atomic E-state index is 12.0. The van der Waals surface area contributed by atoms with Gasteiger partial charge in [-0.3, -0.25) is 4.55 Å². The van der Waals surface area contributed by atoms with Crippen LogP contribution in [0.1, 0.15) is 40.0 Å². The third-order valence-electron chi connectivity index (χ3n) is 4.65. The van der Waals surface area contributed by atoms with Crippen molar-refractivity contribution in [2.75, 3.05) is 38.5 Å². The van der Waals surface area contributed by atoms with Gasteiger partial charge >= 0.3 is 6.09 Å². The van der Waals surface area contributed by atoms with Crippen molar-refractivity contribution < 1.29 is 22.5 Å². The molecule has 1 amide bonds. The first-order valence-electron chi connectivity index (χ1n) is 8.69. The number of likely N-dealkylation sites (tertiary alicyclic amines) is 2. The van der Waals surface area contributed by atoms with E-state index >= 15 is 0 Å². The average molecular weight is 362 g/mol. The van der Waals surface area contributed by atoms with E-state index in [1.54, 1.807) is 4.90 Å². The Morgan fingerprint density at radius 3 is 2.46 bits per heavy atom. The lowest BCUT2D eigenvalue weighted by molar-refractivity contribution is -0.0195. The van der Waals surface area contributed by atoms with Crippen LogP contribution in [-0.4, -0.2) is 72.9 Å². The van der Waals surface area contributed by atoms with Crippen LogP contribution in [-0.2, 0) is 14.9 Å². The summed E-state index contributed by atoms with van der Waals surface area (Å²) in [4.78, 5) is 16.0. The minimum absolute atomic E-state index is 0.177. The number of rotatable bonds is 5. The normalized spacial score (nSPS) is 23.8. The van der Waals surface area contributed by atoms with Gasteiger partial charge in [0.1, 0.15) is 5.60 Å². The number of carbonyl (C=O) groups excluding carboxylic acids is 1. The van der Waals surface area contributed by atoms with E-state index in [9.17, 15) is 13.2 Å². The van der Waals surface area contributed by atoms with E-state index in [0.717, 1.165) is 39.0 Å². The summed E-state index contributed by atoms with van der Waals surface area (Å²) in [5.74, 6) is 0.870. The first kappa shape index (κ1) is 19.5. The SMILES string of the molecule is CC(C)(C)OC(=O)N1CC([C@H]2CCCN(CCCS(=O)(=O)O)C2)C1. The summed E-state index contributed by atoms with van der Waals surface area (Å²) < 4.78 is 35.8. The molecule has 1 atom stereocenters. The van der Waals surface area contributed by atoms with Gasteiger partial charge < -0.3 is 14.5 Å². The summed E-state index contributed by atoms with van der Waals surface area (Å²) >= 11 is 0. The first-order chi connectivity index (χ1) is 11.0. The molecule has 2 fully saturated rings. The van der Waals surface area contributed by atoms with Gasteiger partial charge in [-0.2, -0.15) is 8.42 Å².